The zero-order chi connectivity index (χ0) is 16.1. The quantitative estimate of drug-likeness (QED) is 0.849. The van der Waals surface area contributed by atoms with Crippen molar-refractivity contribution in [2.24, 2.45) is 0 Å². The van der Waals surface area contributed by atoms with Crippen molar-refractivity contribution in [3.05, 3.63) is 53.4 Å². The number of carbonyl (C=O) groups excluding carboxylic acids is 1. The summed E-state index contributed by atoms with van der Waals surface area (Å²) < 4.78 is 5.26. The number of hydrogen-bond acceptors (Lipinski definition) is 4. The Morgan fingerprint density at radius 1 is 1.17 bits per heavy atom. The van der Waals surface area contributed by atoms with E-state index < -0.39 is 0 Å². The van der Waals surface area contributed by atoms with Gasteiger partial charge in [-0.15, -0.1) is 0 Å². The molecule has 1 saturated heterocycles. The summed E-state index contributed by atoms with van der Waals surface area (Å²) in [6, 6.07) is 12.2. The Morgan fingerprint density at radius 3 is 2.57 bits per heavy atom. The largest absolute Gasteiger partial charge is 0.360 e. The van der Waals surface area contributed by atoms with E-state index in [2.05, 4.69) is 22.2 Å². The molecule has 5 heteroatoms. The maximum Gasteiger partial charge on any atom is 0.222 e. The molecular weight excluding hydrogens is 290 g/mol. The van der Waals surface area contributed by atoms with Crippen LogP contribution in [-0.4, -0.2) is 47.0 Å². The molecule has 1 amide bonds. The second-order valence-corrected chi connectivity index (χ2v) is 6.08. The van der Waals surface area contributed by atoms with Crippen LogP contribution in [0.4, 0.5) is 0 Å². The fourth-order valence-corrected chi connectivity index (χ4v) is 2.92. The molecule has 0 bridgehead atoms. The Hall–Kier alpha value is -2.14. The van der Waals surface area contributed by atoms with Crippen LogP contribution in [-0.2, 0) is 17.8 Å². The maximum atomic E-state index is 12.3. The van der Waals surface area contributed by atoms with Crippen molar-refractivity contribution in [3.63, 3.8) is 0 Å². The van der Waals surface area contributed by atoms with Crippen molar-refractivity contribution in [3.8, 4) is 0 Å². The molecule has 122 valence electrons. The molecule has 2 aromatic rings. The first-order valence-electron chi connectivity index (χ1n) is 8.17. The van der Waals surface area contributed by atoms with Gasteiger partial charge in [0.1, 0.15) is 0 Å². The Bertz CT molecular complexity index is 631. The normalized spacial score (nSPS) is 15.8. The fourth-order valence-electron chi connectivity index (χ4n) is 2.92. The van der Waals surface area contributed by atoms with Crippen LogP contribution >= 0.6 is 0 Å². The third kappa shape index (κ3) is 4.42. The van der Waals surface area contributed by atoms with E-state index in [0.29, 0.717) is 6.42 Å². The lowest BCUT2D eigenvalue weighted by atomic mass is 10.1. The summed E-state index contributed by atoms with van der Waals surface area (Å²) in [5, 5.41) is 3.91. The number of aromatic nitrogens is 1. The van der Waals surface area contributed by atoms with Gasteiger partial charge in [-0.3, -0.25) is 9.69 Å². The van der Waals surface area contributed by atoms with Crippen LogP contribution in [0.15, 0.2) is 40.9 Å². The number of carbonyl (C=O) groups is 1. The van der Waals surface area contributed by atoms with Crippen molar-refractivity contribution in [2.45, 2.75) is 26.3 Å². The summed E-state index contributed by atoms with van der Waals surface area (Å²) >= 11 is 0. The van der Waals surface area contributed by atoms with E-state index in [4.69, 9.17) is 4.52 Å². The monoisotopic (exact) mass is 313 g/mol. The highest BCUT2D eigenvalue weighted by atomic mass is 16.5. The summed E-state index contributed by atoms with van der Waals surface area (Å²) in [6.45, 7) is 6.05. The van der Waals surface area contributed by atoms with Gasteiger partial charge in [-0.25, -0.2) is 0 Å². The van der Waals surface area contributed by atoms with Crippen LogP contribution in [0.1, 0.15) is 23.4 Å². The average Bonchev–Trinajstić information content (AvgIpc) is 2.99. The topological polar surface area (TPSA) is 49.6 Å². The van der Waals surface area contributed by atoms with Crippen molar-refractivity contribution in [1.82, 2.24) is 15.0 Å². The number of hydrogen-bond donors (Lipinski definition) is 0. The Kier molecular flexibility index (Phi) is 5.08. The highest BCUT2D eigenvalue weighted by molar-refractivity contribution is 5.76. The lowest BCUT2D eigenvalue weighted by molar-refractivity contribution is -0.133. The van der Waals surface area contributed by atoms with Crippen LogP contribution in [0.5, 0.6) is 0 Å². The van der Waals surface area contributed by atoms with Gasteiger partial charge < -0.3 is 9.42 Å². The molecule has 0 N–H and O–H groups in total. The summed E-state index contributed by atoms with van der Waals surface area (Å²) in [7, 11) is 0. The zero-order valence-electron chi connectivity index (χ0n) is 13.6. The van der Waals surface area contributed by atoms with Gasteiger partial charge in [0, 0.05) is 38.7 Å². The third-order valence-corrected chi connectivity index (χ3v) is 4.25. The molecule has 2 heterocycles. The number of amides is 1. The van der Waals surface area contributed by atoms with Crippen molar-refractivity contribution >= 4 is 5.91 Å². The lowest BCUT2D eigenvalue weighted by Crippen LogP contribution is -2.48. The Balaban J connectivity index is 1.42. The second kappa shape index (κ2) is 7.42. The molecule has 23 heavy (non-hydrogen) atoms. The van der Waals surface area contributed by atoms with Crippen LogP contribution in [0.2, 0.25) is 0 Å². The average molecular weight is 313 g/mol. The SMILES string of the molecule is Cc1cc(CN2CCN(C(=O)CCc3ccccc3)CC2)on1. The van der Waals surface area contributed by atoms with E-state index in [1.54, 1.807) is 0 Å². The molecule has 0 saturated carbocycles. The van der Waals surface area contributed by atoms with Crippen molar-refractivity contribution in [2.75, 3.05) is 26.2 Å². The molecule has 5 nitrogen and oxygen atoms in total. The minimum Gasteiger partial charge on any atom is -0.360 e. The molecule has 0 unspecified atom stereocenters. The summed E-state index contributed by atoms with van der Waals surface area (Å²) in [4.78, 5) is 16.6. The number of aryl methyl sites for hydroxylation is 2. The Labute approximate surface area is 136 Å². The molecule has 1 aliphatic heterocycles. The number of piperazine rings is 1. The zero-order valence-corrected chi connectivity index (χ0v) is 13.6. The highest BCUT2D eigenvalue weighted by Gasteiger charge is 2.21. The molecule has 3 rings (SSSR count). The summed E-state index contributed by atoms with van der Waals surface area (Å²) in [5.41, 5.74) is 2.13. The van der Waals surface area contributed by atoms with Crippen molar-refractivity contribution < 1.29 is 9.32 Å². The van der Waals surface area contributed by atoms with Gasteiger partial charge in [0.15, 0.2) is 5.76 Å². The molecule has 1 aliphatic rings. The number of rotatable bonds is 5. The first kappa shape index (κ1) is 15.7. The molecule has 0 aliphatic carbocycles. The molecule has 0 atom stereocenters. The third-order valence-electron chi connectivity index (χ3n) is 4.25. The van der Waals surface area contributed by atoms with E-state index in [1.165, 1.54) is 5.56 Å². The van der Waals surface area contributed by atoms with Gasteiger partial charge in [0.25, 0.3) is 0 Å². The molecule has 1 aromatic carbocycles. The molecule has 1 aromatic heterocycles. The van der Waals surface area contributed by atoms with Gasteiger partial charge >= 0.3 is 0 Å². The fraction of sp³-hybridized carbons (Fsp3) is 0.444. The van der Waals surface area contributed by atoms with Gasteiger partial charge in [0.05, 0.1) is 12.2 Å². The van der Waals surface area contributed by atoms with Crippen LogP contribution in [0.25, 0.3) is 0 Å². The second-order valence-electron chi connectivity index (χ2n) is 6.08. The van der Waals surface area contributed by atoms with Crippen LogP contribution in [0.3, 0.4) is 0 Å². The van der Waals surface area contributed by atoms with E-state index in [1.807, 2.05) is 36.1 Å². The van der Waals surface area contributed by atoms with Gasteiger partial charge in [-0.2, -0.15) is 0 Å². The first-order chi connectivity index (χ1) is 11.2. The standard InChI is InChI=1S/C18H23N3O2/c1-15-13-17(23-19-15)14-20-9-11-21(12-10-20)18(22)8-7-16-5-3-2-4-6-16/h2-6,13H,7-12,14H2,1H3. The smallest absolute Gasteiger partial charge is 0.222 e. The van der Waals surface area contributed by atoms with E-state index in [-0.39, 0.29) is 5.91 Å². The molecule has 1 fully saturated rings. The molecule has 0 radical (unpaired) electrons. The Morgan fingerprint density at radius 2 is 1.91 bits per heavy atom. The first-order valence-corrected chi connectivity index (χ1v) is 8.17. The lowest BCUT2D eigenvalue weighted by Gasteiger charge is -2.34. The molecule has 0 spiro atoms. The maximum absolute atomic E-state index is 12.3. The molecular formula is C18H23N3O2. The van der Waals surface area contributed by atoms with Gasteiger partial charge in [0.2, 0.25) is 5.91 Å². The van der Waals surface area contributed by atoms with Crippen LogP contribution in [0, 0.1) is 6.92 Å². The van der Waals surface area contributed by atoms with Gasteiger partial charge in [-0.1, -0.05) is 35.5 Å². The van der Waals surface area contributed by atoms with E-state index >= 15 is 0 Å². The highest BCUT2D eigenvalue weighted by Crippen LogP contribution is 2.11. The summed E-state index contributed by atoms with van der Waals surface area (Å²) in [5.74, 6) is 1.15. The number of nitrogens with zero attached hydrogens (tertiary/aromatic N) is 3. The van der Waals surface area contributed by atoms with Crippen LogP contribution < -0.4 is 0 Å². The number of benzene rings is 1. The predicted molar refractivity (Wildman–Crippen MR) is 87.9 cm³/mol. The van der Waals surface area contributed by atoms with E-state index in [9.17, 15) is 4.79 Å². The van der Waals surface area contributed by atoms with E-state index in [0.717, 1.165) is 50.6 Å². The van der Waals surface area contributed by atoms with Gasteiger partial charge in [-0.05, 0) is 18.9 Å². The van der Waals surface area contributed by atoms with Crippen molar-refractivity contribution in [1.29, 1.82) is 0 Å². The summed E-state index contributed by atoms with van der Waals surface area (Å²) in [6.07, 6.45) is 1.41. The minimum atomic E-state index is 0.254. The minimum absolute atomic E-state index is 0.254. The predicted octanol–water partition coefficient (Wildman–Crippen LogP) is 2.26.